The van der Waals surface area contributed by atoms with Crippen molar-refractivity contribution in [2.75, 3.05) is 11.9 Å². The molecule has 0 atom stereocenters. The number of pyridine rings is 1. The fourth-order valence-corrected chi connectivity index (χ4v) is 1.78. The van der Waals surface area contributed by atoms with Gasteiger partial charge in [0.05, 0.1) is 12.7 Å². The van der Waals surface area contributed by atoms with Gasteiger partial charge in [0.1, 0.15) is 11.6 Å². The number of benzene rings is 1. The van der Waals surface area contributed by atoms with Crippen LogP contribution in [-0.2, 0) is 0 Å². The fraction of sp³-hybridized carbons (Fsp3) is 0.125. The second kappa shape index (κ2) is 6.64. The van der Waals surface area contributed by atoms with Crippen molar-refractivity contribution in [3.8, 4) is 11.8 Å². The Morgan fingerprint density at radius 1 is 1.38 bits per heavy atom. The maximum absolute atomic E-state index is 12.8. The van der Waals surface area contributed by atoms with Gasteiger partial charge in [-0.15, -0.1) is 0 Å². The molecule has 106 valence electrons. The van der Waals surface area contributed by atoms with Gasteiger partial charge in [-0.05, 0) is 42.8 Å². The molecule has 0 radical (unpaired) electrons. The first kappa shape index (κ1) is 14.7. The first-order chi connectivity index (χ1) is 10.1. The molecule has 5 heteroatoms. The van der Waals surface area contributed by atoms with E-state index in [4.69, 9.17) is 5.73 Å². The predicted octanol–water partition coefficient (Wildman–Crippen LogP) is 2.09. The molecule has 0 aliphatic rings. The lowest BCUT2D eigenvalue weighted by molar-refractivity contribution is 0.102. The number of hydrogen-bond acceptors (Lipinski definition) is 3. The van der Waals surface area contributed by atoms with Crippen LogP contribution in [0, 0.1) is 24.6 Å². The summed E-state index contributed by atoms with van der Waals surface area (Å²) < 4.78 is 12.8. The molecule has 3 N–H and O–H groups in total. The summed E-state index contributed by atoms with van der Waals surface area (Å²) in [5.41, 5.74) is 7.43. The third-order valence-electron chi connectivity index (χ3n) is 2.64. The van der Waals surface area contributed by atoms with E-state index in [9.17, 15) is 9.18 Å². The maximum Gasteiger partial charge on any atom is 0.256 e. The average molecular weight is 283 g/mol. The van der Waals surface area contributed by atoms with Crippen LogP contribution in [0.25, 0.3) is 0 Å². The summed E-state index contributed by atoms with van der Waals surface area (Å²) in [6.07, 6.45) is 1.05. The van der Waals surface area contributed by atoms with Gasteiger partial charge in [-0.1, -0.05) is 11.8 Å². The number of anilines is 1. The predicted molar refractivity (Wildman–Crippen MR) is 79.3 cm³/mol. The van der Waals surface area contributed by atoms with E-state index >= 15 is 0 Å². The number of rotatable bonds is 2. The number of hydrogen-bond donors (Lipinski definition) is 2. The van der Waals surface area contributed by atoms with Crippen LogP contribution < -0.4 is 11.1 Å². The maximum atomic E-state index is 12.8. The Bertz CT molecular complexity index is 715. The van der Waals surface area contributed by atoms with Crippen LogP contribution in [0.1, 0.15) is 21.5 Å². The summed E-state index contributed by atoms with van der Waals surface area (Å²) >= 11 is 0. The largest absolute Gasteiger partial charge is 0.320 e. The fourth-order valence-electron chi connectivity index (χ4n) is 1.78. The molecule has 0 saturated heterocycles. The molecule has 21 heavy (non-hydrogen) atoms. The van der Waals surface area contributed by atoms with Gasteiger partial charge in [-0.25, -0.2) is 9.37 Å². The topological polar surface area (TPSA) is 68.0 Å². The molecule has 0 spiro atoms. The molecule has 0 unspecified atom stereocenters. The monoisotopic (exact) mass is 283 g/mol. The molecule has 1 heterocycles. The van der Waals surface area contributed by atoms with Crippen molar-refractivity contribution in [3.63, 3.8) is 0 Å². The Labute approximate surface area is 122 Å². The van der Waals surface area contributed by atoms with E-state index in [1.54, 1.807) is 12.1 Å². The molecule has 1 aromatic heterocycles. The Kier molecular flexibility index (Phi) is 4.64. The summed E-state index contributed by atoms with van der Waals surface area (Å²) in [5.74, 6) is 5.15. The standard InChI is InChI=1S/C16H14FN3O/c1-11-7-12(3-2-6-18)9-13(8-11)16(21)20-15-5-4-14(17)10-19-15/h4-5,7-10H,6,18H2,1H3,(H,19,20,21). The molecule has 0 saturated carbocycles. The number of nitrogens with zero attached hydrogens (tertiary/aromatic N) is 1. The molecule has 4 nitrogen and oxygen atoms in total. The lowest BCUT2D eigenvalue weighted by Crippen LogP contribution is -2.13. The van der Waals surface area contributed by atoms with E-state index in [-0.39, 0.29) is 18.3 Å². The zero-order chi connectivity index (χ0) is 15.2. The number of amides is 1. The zero-order valence-corrected chi connectivity index (χ0v) is 11.5. The third-order valence-corrected chi connectivity index (χ3v) is 2.64. The van der Waals surface area contributed by atoms with Crippen molar-refractivity contribution >= 4 is 11.7 Å². The number of halogens is 1. The molecule has 0 aliphatic carbocycles. The summed E-state index contributed by atoms with van der Waals surface area (Å²) in [7, 11) is 0. The minimum atomic E-state index is -0.456. The van der Waals surface area contributed by atoms with Crippen molar-refractivity contribution in [2.24, 2.45) is 5.73 Å². The van der Waals surface area contributed by atoms with Crippen LogP contribution in [0.3, 0.4) is 0 Å². The van der Waals surface area contributed by atoms with Crippen molar-refractivity contribution in [2.45, 2.75) is 6.92 Å². The van der Waals surface area contributed by atoms with Crippen LogP contribution in [-0.4, -0.2) is 17.4 Å². The van der Waals surface area contributed by atoms with Crippen LogP contribution in [0.5, 0.6) is 0 Å². The van der Waals surface area contributed by atoms with Crippen LogP contribution in [0.2, 0.25) is 0 Å². The highest BCUT2D eigenvalue weighted by atomic mass is 19.1. The number of nitrogens with two attached hydrogens (primary N) is 1. The molecular weight excluding hydrogens is 269 g/mol. The minimum absolute atomic E-state index is 0.259. The smallest absolute Gasteiger partial charge is 0.256 e. The molecule has 0 fully saturated rings. The third kappa shape index (κ3) is 4.13. The van der Waals surface area contributed by atoms with E-state index in [0.29, 0.717) is 5.56 Å². The minimum Gasteiger partial charge on any atom is -0.320 e. The van der Waals surface area contributed by atoms with Crippen molar-refractivity contribution < 1.29 is 9.18 Å². The van der Waals surface area contributed by atoms with Gasteiger partial charge in [-0.2, -0.15) is 0 Å². The van der Waals surface area contributed by atoms with Crippen molar-refractivity contribution in [1.82, 2.24) is 4.98 Å². The molecular formula is C16H14FN3O. The summed E-state index contributed by atoms with van der Waals surface area (Å²) in [5, 5.41) is 2.61. The highest BCUT2D eigenvalue weighted by molar-refractivity contribution is 6.04. The molecule has 2 aromatic rings. The lowest BCUT2D eigenvalue weighted by atomic mass is 10.1. The van der Waals surface area contributed by atoms with E-state index in [1.165, 1.54) is 12.1 Å². The Morgan fingerprint density at radius 2 is 2.19 bits per heavy atom. The highest BCUT2D eigenvalue weighted by Crippen LogP contribution is 2.12. The van der Waals surface area contributed by atoms with Gasteiger partial charge in [0.2, 0.25) is 0 Å². The lowest BCUT2D eigenvalue weighted by Gasteiger charge is -2.06. The Balaban J connectivity index is 2.22. The SMILES string of the molecule is Cc1cc(C#CCN)cc(C(=O)Nc2ccc(F)cn2)c1. The van der Waals surface area contributed by atoms with E-state index in [2.05, 4.69) is 22.1 Å². The summed E-state index contributed by atoms with van der Waals surface area (Å²) in [4.78, 5) is 15.9. The van der Waals surface area contributed by atoms with Gasteiger partial charge in [-0.3, -0.25) is 4.79 Å². The van der Waals surface area contributed by atoms with Crippen molar-refractivity contribution in [1.29, 1.82) is 0 Å². The number of aryl methyl sites for hydroxylation is 1. The molecule has 2 rings (SSSR count). The average Bonchev–Trinajstić information content (AvgIpc) is 2.47. The van der Waals surface area contributed by atoms with Gasteiger partial charge in [0.25, 0.3) is 5.91 Å². The number of carbonyl (C=O) groups excluding carboxylic acids is 1. The number of carbonyl (C=O) groups is 1. The number of nitrogens with one attached hydrogen (secondary N) is 1. The Morgan fingerprint density at radius 3 is 2.86 bits per heavy atom. The van der Waals surface area contributed by atoms with E-state index in [0.717, 1.165) is 17.3 Å². The first-order valence-corrected chi connectivity index (χ1v) is 6.32. The van der Waals surface area contributed by atoms with E-state index < -0.39 is 5.82 Å². The molecule has 1 amide bonds. The quantitative estimate of drug-likeness (QED) is 0.829. The number of aromatic nitrogens is 1. The molecule has 1 aromatic carbocycles. The molecule has 0 bridgehead atoms. The zero-order valence-electron chi connectivity index (χ0n) is 11.5. The van der Waals surface area contributed by atoms with Crippen LogP contribution in [0.15, 0.2) is 36.5 Å². The second-order valence-electron chi connectivity index (χ2n) is 4.41. The van der Waals surface area contributed by atoms with Gasteiger partial charge in [0, 0.05) is 11.1 Å². The second-order valence-corrected chi connectivity index (χ2v) is 4.41. The Hall–Kier alpha value is -2.71. The molecule has 0 aliphatic heterocycles. The van der Waals surface area contributed by atoms with Gasteiger partial charge >= 0.3 is 0 Å². The summed E-state index contributed by atoms with van der Waals surface area (Å²) in [6, 6.07) is 7.92. The van der Waals surface area contributed by atoms with Gasteiger partial charge in [0.15, 0.2) is 0 Å². The highest BCUT2D eigenvalue weighted by Gasteiger charge is 2.08. The normalized spacial score (nSPS) is 9.67. The van der Waals surface area contributed by atoms with Gasteiger partial charge < -0.3 is 11.1 Å². The summed E-state index contributed by atoms with van der Waals surface area (Å²) in [6.45, 7) is 2.13. The van der Waals surface area contributed by atoms with E-state index in [1.807, 2.05) is 13.0 Å². The van der Waals surface area contributed by atoms with Crippen molar-refractivity contribution in [3.05, 3.63) is 59.0 Å². The van der Waals surface area contributed by atoms with Crippen LogP contribution >= 0.6 is 0 Å². The van der Waals surface area contributed by atoms with Crippen LogP contribution in [0.4, 0.5) is 10.2 Å². The first-order valence-electron chi connectivity index (χ1n) is 6.32.